The summed E-state index contributed by atoms with van der Waals surface area (Å²) in [5.74, 6) is 1.16. The molecule has 0 radical (unpaired) electrons. The summed E-state index contributed by atoms with van der Waals surface area (Å²) in [6.45, 7) is 2.62. The molecule has 0 saturated heterocycles. The van der Waals surface area contributed by atoms with E-state index in [0.717, 1.165) is 12.4 Å². The molecule has 0 fully saturated rings. The number of amides is 1. The van der Waals surface area contributed by atoms with E-state index < -0.39 is 0 Å². The van der Waals surface area contributed by atoms with Crippen LogP contribution in [0.4, 0.5) is 0 Å². The third kappa shape index (κ3) is 5.54. The summed E-state index contributed by atoms with van der Waals surface area (Å²) < 4.78 is 7.54. The van der Waals surface area contributed by atoms with Crippen LogP contribution in [-0.4, -0.2) is 34.4 Å². The van der Waals surface area contributed by atoms with Gasteiger partial charge in [-0.25, -0.2) is 4.98 Å². The molecule has 0 aliphatic heterocycles. The predicted octanol–water partition coefficient (Wildman–Crippen LogP) is 2.87. The Morgan fingerprint density at radius 1 is 1.11 bits per heavy atom. The number of ketones is 1. The Morgan fingerprint density at radius 2 is 1.93 bits per heavy atom. The first-order chi connectivity index (χ1) is 13.6. The summed E-state index contributed by atoms with van der Waals surface area (Å²) in [6, 6.07) is 17.0. The molecule has 6 nitrogen and oxygen atoms in total. The quantitative estimate of drug-likeness (QED) is 0.582. The normalized spacial score (nSPS) is 10.5. The minimum Gasteiger partial charge on any atom is -0.484 e. The van der Waals surface area contributed by atoms with E-state index in [1.165, 1.54) is 12.5 Å². The average Bonchev–Trinajstić information content (AvgIpc) is 3.14. The van der Waals surface area contributed by atoms with Crippen molar-refractivity contribution in [3.8, 4) is 5.75 Å². The topological polar surface area (TPSA) is 73.2 Å². The van der Waals surface area contributed by atoms with Crippen LogP contribution in [-0.2, 0) is 17.8 Å². The number of nitrogens with zero attached hydrogens (tertiary/aromatic N) is 2. The second-order valence-corrected chi connectivity index (χ2v) is 6.43. The Balaban J connectivity index is 1.44. The molecule has 0 aliphatic rings. The number of aromatic nitrogens is 2. The number of rotatable bonds is 9. The van der Waals surface area contributed by atoms with Gasteiger partial charge in [-0.05, 0) is 24.6 Å². The average molecular weight is 377 g/mol. The van der Waals surface area contributed by atoms with Gasteiger partial charge >= 0.3 is 0 Å². The Kier molecular flexibility index (Phi) is 6.57. The van der Waals surface area contributed by atoms with Gasteiger partial charge in [0.25, 0.3) is 5.91 Å². The zero-order valence-corrected chi connectivity index (χ0v) is 15.8. The third-order valence-electron chi connectivity index (χ3n) is 4.28. The fraction of sp³-hybridized carbons (Fsp3) is 0.227. The van der Waals surface area contributed by atoms with Gasteiger partial charge in [-0.1, -0.05) is 42.5 Å². The molecule has 0 spiro atoms. The van der Waals surface area contributed by atoms with Crippen molar-refractivity contribution in [1.82, 2.24) is 14.9 Å². The number of ether oxygens (including phenoxy) is 1. The highest BCUT2D eigenvalue weighted by Gasteiger charge is 2.07. The summed E-state index contributed by atoms with van der Waals surface area (Å²) in [4.78, 5) is 27.8. The molecular weight excluding hydrogens is 354 g/mol. The number of carbonyl (C=O) groups excluding carboxylic acids is 2. The van der Waals surface area contributed by atoms with Crippen molar-refractivity contribution in [3.63, 3.8) is 0 Å². The molecule has 1 aromatic heterocycles. The first-order valence-electron chi connectivity index (χ1n) is 9.16. The lowest BCUT2D eigenvalue weighted by Gasteiger charge is -2.10. The van der Waals surface area contributed by atoms with Gasteiger partial charge in [0.2, 0.25) is 0 Å². The van der Waals surface area contributed by atoms with Crippen molar-refractivity contribution >= 4 is 11.7 Å². The van der Waals surface area contributed by atoms with Crippen molar-refractivity contribution in [1.29, 1.82) is 0 Å². The minimum absolute atomic E-state index is 0.0408. The van der Waals surface area contributed by atoms with Crippen molar-refractivity contribution in [2.45, 2.75) is 19.9 Å². The van der Waals surface area contributed by atoms with E-state index in [9.17, 15) is 9.59 Å². The first kappa shape index (κ1) is 19.4. The number of carbonyl (C=O) groups is 2. The molecule has 1 N–H and O–H groups in total. The van der Waals surface area contributed by atoms with Crippen LogP contribution in [0, 0.1) is 0 Å². The largest absolute Gasteiger partial charge is 0.484 e. The Morgan fingerprint density at radius 3 is 2.71 bits per heavy atom. The summed E-state index contributed by atoms with van der Waals surface area (Å²) in [5, 5.41) is 2.84. The molecule has 0 unspecified atom stereocenters. The van der Waals surface area contributed by atoms with Gasteiger partial charge < -0.3 is 14.6 Å². The number of Topliss-reactive ketones (excluding diaryl/α,β-unsaturated/α-hetero) is 1. The standard InChI is InChI=1S/C22H23N3O3/c1-17(26)19-8-5-9-20(14-19)28-16-22(27)24-11-10-21-23-12-13-25(21)15-18-6-3-2-4-7-18/h2-9,12-14H,10-11,15-16H2,1H3,(H,24,27). The van der Waals surface area contributed by atoms with Gasteiger partial charge in [-0.3, -0.25) is 9.59 Å². The number of hydrogen-bond donors (Lipinski definition) is 1. The van der Waals surface area contributed by atoms with E-state index in [1.54, 1.807) is 30.5 Å². The molecule has 6 heteroatoms. The lowest BCUT2D eigenvalue weighted by atomic mass is 10.1. The van der Waals surface area contributed by atoms with E-state index in [0.29, 0.717) is 24.3 Å². The van der Waals surface area contributed by atoms with Crippen molar-refractivity contribution < 1.29 is 14.3 Å². The van der Waals surface area contributed by atoms with Crippen LogP contribution < -0.4 is 10.1 Å². The number of benzene rings is 2. The molecule has 0 atom stereocenters. The van der Waals surface area contributed by atoms with Crippen molar-refractivity contribution in [2.75, 3.05) is 13.2 Å². The lowest BCUT2D eigenvalue weighted by Crippen LogP contribution is -2.31. The highest BCUT2D eigenvalue weighted by atomic mass is 16.5. The maximum Gasteiger partial charge on any atom is 0.257 e. The molecule has 144 valence electrons. The Hall–Kier alpha value is -3.41. The van der Waals surface area contributed by atoms with E-state index >= 15 is 0 Å². The highest BCUT2D eigenvalue weighted by Crippen LogP contribution is 2.13. The summed E-state index contributed by atoms with van der Waals surface area (Å²) in [7, 11) is 0. The van der Waals surface area contributed by atoms with Crippen LogP contribution in [0.2, 0.25) is 0 Å². The van der Waals surface area contributed by atoms with Gasteiger partial charge in [0.1, 0.15) is 11.6 Å². The SMILES string of the molecule is CC(=O)c1cccc(OCC(=O)NCCc2nccn2Cc2ccccc2)c1. The monoisotopic (exact) mass is 377 g/mol. The van der Waals surface area contributed by atoms with Crippen LogP contribution >= 0.6 is 0 Å². The molecule has 1 amide bonds. The lowest BCUT2D eigenvalue weighted by molar-refractivity contribution is -0.123. The number of hydrogen-bond acceptors (Lipinski definition) is 4. The van der Waals surface area contributed by atoms with E-state index in [1.807, 2.05) is 24.4 Å². The van der Waals surface area contributed by atoms with Crippen LogP contribution in [0.15, 0.2) is 67.0 Å². The zero-order chi connectivity index (χ0) is 19.8. The molecule has 28 heavy (non-hydrogen) atoms. The van der Waals surface area contributed by atoms with Gasteiger partial charge in [0, 0.05) is 37.5 Å². The smallest absolute Gasteiger partial charge is 0.257 e. The second kappa shape index (κ2) is 9.50. The molecule has 1 heterocycles. The van der Waals surface area contributed by atoms with Gasteiger partial charge in [-0.15, -0.1) is 0 Å². The summed E-state index contributed by atoms with van der Waals surface area (Å²) in [6.07, 6.45) is 4.34. The zero-order valence-electron chi connectivity index (χ0n) is 15.8. The van der Waals surface area contributed by atoms with E-state index in [2.05, 4.69) is 27.0 Å². The predicted molar refractivity (Wildman–Crippen MR) is 106 cm³/mol. The van der Waals surface area contributed by atoms with E-state index in [4.69, 9.17) is 4.74 Å². The maximum atomic E-state index is 12.0. The molecule has 2 aromatic carbocycles. The van der Waals surface area contributed by atoms with Crippen molar-refractivity contribution in [2.24, 2.45) is 0 Å². The highest BCUT2D eigenvalue weighted by molar-refractivity contribution is 5.94. The van der Waals surface area contributed by atoms with Gasteiger partial charge in [-0.2, -0.15) is 0 Å². The molecule has 0 bridgehead atoms. The van der Waals surface area contributed by atoms with Gasteiger partial charge in [0.05, 0.1) is 0 Å². The molecular formula is C22H23N3O3. The Bertz CT molecular complexity index is 935. The minimum atomic E-state index is -0.214. The molecule has 3 aromatic rings. The number of imidazole rings is 1. The third-order valence-corrected chi connectivity index (χ3v) is 4.28. The van der Waals surface area contributed by atoms with Crippen LogP contribution in [0.1, 0.15) is 28.7 Å². The van der Waals surface area contributed by atoms with Crippen molar-refractivity contribution in [3.05, 3.63) is 83.9 Å². The van der Waals surface area contributed by atoms with Crippen LogP contribution in [0.5, 0.6) is 5.75 Å². The van der Waals surface area contributed by atoms with E-state index in [-0.39, 0.29) is 18.3 Å². The summed E-state index contributed by atoms with van der Waals surface area (Å²) in [5.41, 5.74) is 1.76. The molecule has 0 aliphatic carbocycles. The van der Waals surface area contributed by atoms with Gasteiger partial charge in [0.15, 0.2) is 12.4 Å². The number of nitrogens with one attached hydrogen (secondary N) is 1. The molecule has 3 rings (SSSR count). The van der Waals surface area contributed by atoms with Crippen LogP contribution in [0.3, 0.4) is 0 Å². The van der Waals surface area contributed by atoms with Crippen LogP contribution in [0.25, 0.3) is 0 Å². The molecule has 0 saturated carbocycles. The fourth-order valence-electron chi connectivity index (χ4n) is 2.81. The second-order valence-electron chi connectivity index (χ2n) is 6.43. The fourth-order valence-corrected chi connectivity index (χ4v) is 2.81. The first-order valence-corrected chi connectivity index (χ1v) is 9.16. The Labute approximate surface area is 164 Å². The maximum absolute atomic E-state index is 12.0. The summed E-state index contributed by atoms with van der Waals surface area (Å²) >= 11 is 0.